The molecule has 1 aromatic heterocycles. The first-order valence-electron chi connectivity index (χ1n) is 9.92. The zero-order valence-corrected chi connectivity index (χ0v) is 17.1. The van der Waals surface area contributed by atoms with Gasteiger partial charge in [-0.15, -0.1) is 11.3 Å². The van der Waals surface area contributed by atoms with Crippen molar-refractivity contribution in [1.82, 2.24) is 0 Å². The summed E-state index contributed by atoms with van der Waals surface area (Å²) < 4.78 is 5.37. The van der Waals surface area contributed by atoms with Gasteiger partial charge in [0.2, 0.25) is 5.91 Å². The first-order valence-corrected chi connectivity index (χ1v) is 10.7. The Bertz CT molecular complexity index is 797. The number of esters is 1. The second kappa shape index (κ2) is 8.90. The van der Waals surface area contributed by atoms with E-state index in [4.69, 9.17) is 4.74 Å². The Kier molecular flexibility index (Phi) is 6.54. The van der Waals surface area contributed by atoms with Crippen molar-refractivity contribution in [1.29, 1.82) is 0 Å². The standard InChI is InChI=1S/C21H27NO5S/c1-3-10-27-21(26)17-15-9-8-12(2)11-16(15)28-19(17)22-18(23)13-6-4-5-7-14(13)20(24)25/h4-5,12-14H,3,6-11H2,1-2H3,(H,22,23)(H,24,25). The number of carbonyl (C=O) groups excluding carboxylic acids is 2. The van der Waals surface area contributed by atoms with E-state index >= 15 is 0 Å². The van der Waals surface area contributed by atoms with Gasteiger partial charge in [-0.2, -0.15) is 0 Å². The number of fused-ring (bicyclic) bond motifs is 1. The second-order valence-electron chi connectivity index (χ2n) is 7.68. The van der Waals surface area contributed by atoms with E-state index in [9.17, 15) is 19.5 Å². The number of carboxylic acid groups (broad SMARTS) is 1. The van der Waals surface area contributed by atoms with E-state index in [0.717, 1.165) is 36.1 Å². The van der Waals surface area contributed by atoms with Gasteiger partial charge in [-0.3, -0.25) is 9.59 Å². The van der Waals surface area contributed by atoms with E-state index in [0.29, 0.717) is 35.9 Å². The number of aliphatic carboxylic acids is 1. The fraction of sp³-hybridized carbons (Fsp3) is 0.571. The molecule has 152 valence electrons. The number of nitrogens with one attached hydrogen (secondary N) is 1. The average molecular weight is 406 g/mol. The molecule has 2 aliphatic carbocycles. The number of amides is 1. The molecule has 0 fully saturated rings. The van der Waals surface area contributed by atoms with Gasteiger partial charge in [0, 0.05) is 4.88 Å². The minimum atomic E-state index is -0.966. The van der Waals surface area contributed by atoms with Gasteiger partial charge in [0.15, 0.2) is 0 Å². The van der Waals surface area contributed by atoms with E-state index in [2.05, 4.69) is 12.2 Å². The number of hydrogen-bond acceptors (Lipinski definition) is 5. The molecule has 3 rings (SSSR count). The Morgan fingerprint density at radius 3 is 2.64 bits per heavy atom. The molecule has 7 heteroatoms. The maximum atomic E-state index is 12.9. The molecule has 2 aliphatic rings. The molecule has 1 heterocycles. The van der Waals surface area contributed by atoms with Crippen LogP contribution in [-0.4, -0.2) is 29.6 Å². The van der Waals surface area contributed by atoms with Crippen molar-refractivity contribution in [3.63, 3.8) is 0 Å². The maximum absolute atomic E-state index is 12.9. The third-order valence-electron chi connectivity index (χ3n) is 5.48. The summed E-state index contributed by atoms with van der Waals surface area (Å²) in [6.07, 6.45) is 7.79. The lowest BCUT2D eigenvalue weighted by Gasteiger charge is -2.24. The van der Waals surface area contributed by atoms with Gasteiger partial charge in [0.25, 0.3) is 0 Å². The molecule has 3 unspecified atom stereocenters. The summed E-state index contributed by atoms with van der Waals surface area (Å²) in [7, 11) is 0. The highest BCUT2D eigenvalue weighted by atomic mass is 32.1. The van der Waals surface area contributed by atoms with Crippen molar-refractivity contribution >= 4 is 34.2 Å². The Morgan fingerprint density at radius 2 is 1.96 bits per heavy atom. The van der Waals surface area contributed by atoms with Crippen LogP contribution in [0.25, 0.3) is 0 Å². The van der Waals surface area contributed by atoms with Gasteiger partial charge in [-0.25, -0.2) is 4.79 Å². The summed E-state index contributed by atoms with van der Waals surface area (Å²) in [5, 5.41) is 12.8. The lowest BCUT2D eigenvalue weighted by Crippen LogP contribution is -2.34. The fourth-order valence-electron chi connectivity index (χ4n) is 3.90. The summed E-state index contributed by atoms with van der Waals surface area (Å²) in [6.45, 7) is 4.45. The minimum Gasteiger partial charge on any atom is -0.481 e. The highest BCUT2D eigenvalue weighted by Crippen LogP contribution is 2.40. The van der Waals surface area contributed by atoms with Crippen molar-refractivity contribution in [2.45, 2.75) is 52.4 Å². The molecule has 3 atom stereocenters. The number of thiophene rings is 1. The zero-order chi connectivity index (χ0) is 20.3. The monoisotopic (exact) mass is 405 g/mol. The molecular formula is C21H27NO5S. The number of ether oxygens (including phenoxy) is 1. The first-order chi connectivity index (χ1) is 13.4. The number of carbonyl (C=O) groups is 3. The summed E-state index contributed by atoms with van der Waals surface area (Å²) >= 11 is 1.43. The molecule has 0 saturated heterocycles. The van der Waals surface area contributed by atoms with E-state index < -0.39 is 23.8 Å². The fourth-order valence-corrected chi connectivity index (χ4v) is 5.30. The van der Waals surface area contributed by atoms with Crippen LogP contribution in [0.5, 0.6) is 0 Å². The van der Waals surface area contributed by atoms with Crippen LogP contribution in [0, 0.1) is 17.8 Å². The van der Waals surface area contributed by atoms with Gasteiger partial charge in [-0.1, -0.05) is 26.0 Å². The Morgan fingerprint density at radius 1 is 1.25 bits per heavy atom. The molecule has 0 aliphatic heterocycles. The third kappa shape index (κ3) is 4.29. The van der Waals surface area contributed by atoms with Crippen LogP contribution >= 0.6 is 11.3 Å². The molecule has 2 N–H and O–H groups in total. The normalized spacial score (nSPS) is 23.7. The number of hydrogen-bond donors (Lipinski definition) is 2. The van der Waals surface area contributed by atoms with E-state index in [-0.39, 0.29) is 5.91 Å². The SMILES string of the molecule is CCCOC(=O)c1c(NC(=O)C2CC=CCC2C(=O)O)sc2c1CCC(C)C2. The summed E-state index contributed by atoms with van der Waals surface area (Å²) in [5.74, 6) is -2.55. The summed E-state index contributed by atoms with van der Waals surface area (Å²) in [4.78, 5) is 38.2. The van der Waals surface area contributed by atoms with Crippen molar-refractivity contribution in [2.75, 3.05) is 11.9 Å². The summed E-state index contributed by atoms with van der Waals surface area (Å²) in [5.41, 5.74) is 1.45. The predicted molar refractivity (Wildman–Crippen MR) is 108 cm³/mol. The zero-order valence-electron chi connectivity index (χ0n) is 16.3. The highest BCUT2D eigenvalue weighted by Gasteiger charge is 2.36. The number of rotatable bonds is 6. The van der Waals surface area contributed by atoms with Crippen LogP contribution in [0.3, 0.4) is 0 Å². The van der Waals surface area contributed by atoms with Crippen molar-refractivity contribution in [3.05, 3.63) is 28.2 Å². The molecule has 0 radical (unpaired) electrons. The van der Waals surface area contributed by atoms with E-state index in [1.807, 2.05) is 13.0 Å². The number of allylic oxidation sites excluding steroid dienone is 2. The van der Waals surface area contributed by atoms with E-state index in [1.54, 1.807) is 6.08 Å². The quantitative estimate of drug-likeness (QED) is 0.550. The van der Waals surface area contributed by atoms with Gasteiger partial charge < -0.3 is 15.2 Å². The molecule has 28 heavy (non-hydrogen) atoms. The van der Waals surface area contributed by atoms with Gasteiger partial charge >= 0.3 is 11.9 Å². The molecule has 1 amide bonds. The van der Waals surface area contributed by atoms with Crippen LogP contribution in [0.15, 0.2) is 12.2 Å². The number of anilines is 1. The lowest BCUT2D eigenvalue weighted by molar-refractivity contribution is -0.146. The van der Waals surface area contributed by atoms with Crippen molar-refractivity contribution in [3.8, 4) is 0 Å². The topological polar surface area (TPSA) is 92.7 Å². The van der Waals surface area contributed by atoms with Crippen LogP contribution in [0.2, 0.25) is 0 Å². The van der Waals surface area contributed by atoms with Gasteiger partial charge in [-0.05, 0) is 50.0 Å². The van der Waals surface area contributed by atoms with Crippen LogP contribution < -0.4 is 5.32 Å². The molecule has 1 aromatic rings. The minimum absolute atomic E-state index is 0.335. The van der Waals surface area contributed by atoms with Gasteiger partial charge in [0.05, 0.1) is 24.0 Å². The Hall–Kier alpha value is -2.15. The number of carboxylic acids is 1. The van der Waals surface area contributed by atoms with E-state index in [1.165, 1.54) is 11.3 Å². The van der Waals surface area contributed by atoms with Crippen LogP contribution in [0.4, 0.5) is 5.00 Å². The third-order valence-corrected chi connectivity index (χ3v) is 6.65. The first kappa shape index (κ1) is 20.6. The molecule has 0 spiro atoms. The molecule has 0 aromatic carbocycles. The largest absolute Gasteiger partial charge is 0.481 e. The molecule has 6 nitrogen and oxygen atoms in total. The summed E-state index contributed by atoms with van der Waals surface area (Å²) in [6, 6.07) is 0. The average Bonchev–Trinajstić information content (AvgIpc) is 3.02. The maximum Gasteiger partial charge on any atom is 0.341 e. The van der Waals surface area contributed by atoms with Crippen molar-refractivity contribution < 1.29 is 24.2 Å². The van der Waals surface area contributed by atoms with Gasteiger partial charge in [0.1, 0.15) is 5.00 Å². The lowest BCUT2D eigenvalue weighted by atomic mass is 9.82. The molecular weight excluding hydrogens is 378 g/mol. The Labute approximate surface area is 169 Å². The highest BCUT2D eigenvalue weighted by molar-refractivity contribution is 7.17. The second-order valence-corrected chi connectivity index (χ2v) is 8.78. The van der Waals surface area contributed by atoms with Crippen LogP contribution in [0.1, 0.15) is 60.3 Å². The van der Waals surface area contributed by atoms with Crippen LogP contribution in [-0.2, 0) is 27.2 Å². The smallest absolute Gasteiger partial charge is 0.341 e. The van der Waals surface area contributed by atoms with Crippen molar-refractivity contribution in [2.24, 2.45) is 17.8 Å². The molecule has 0 bridgehead atoms. The Balaban J connectivity index is 1.88. The molecule has 0 saturated carbocycles. The predicted octanol–water partition coefficient (Wildman–Crippen LogP) is 4.05.